The maximum atomic E-state index is 5.88. The molecule has 0 amide bonds. The van der Waals surface area contributed by atoms with E-state index in [1.807, 2.05) is 18.2 Å². The van der Waals surface area contributed by atoms with Crippen molar-refractivity contribution in [3.05, 3.63) is 23.8 Å². The van der Waals surface area contributed by atoms with Gasteiger partial charge in [0.25, 0.3) is 0 Å². The fourth-order valence-corrected chi connectivity index (χ4v) is 2.07. The van der Waals surface area contributed by atoms with Crippen molar-refractivity contribution in [1.82, 2.24) is 5.32 Å². The molecule has 7 heteroatoms. The lowest BCUT2D eigenvalue weighted by atomic mass is 9.89. The minimum Gasteiger partial charge on any atom is -0.493 e. The standard InChI is InChI=1S/C15H23N3O3.HI/c1-15(9-21-10-15)8-18-14(16)17-7-11-4-5-12(19-2)13(6-11)20-3;/h4-6H,7-10H2,1-3H3,(H3,16,17,18);1H. The van der Waals surface area contributed by atoms with E-state index in [1.54, 1.807) is 14.2 Å². The Kier molecular flexibility index (Phi) is 7.21. The van der Waals surface area contributed by atoms with Gasteiger partial charge in [-0.05, 0) is 17.7 Å². The van der Waals surface area contributed by atoms with Crippen LogP contribution >= 0.6 is 24.0 Å². The summed E-state index contributed by atoms with van der Waals surface area (Å²) in [7, 11) is 3.23. The van der Waals surface area contributed by atoms with E-state index in [9.17, 15) is 0 Å². The fraction of sp³-hybridized carbons (Fsp3) is 0.533. The Labute approximate surface area is 148 Å². The van der Waals surface area contributed by atoms with Crippen molar-refractivity contribution in [3.8, 4) is 11.5 Å². The van der Waals surface area contributed by atoms with Crippen LogP contribution in [0.2, 0.25) is 0 Å². The minimum absolute atomic E-state index is 0. The smallest absolute Gasteiger partial charge is 0.188 e. The molecule has 22 heavy (non-hydrogen) atoms. The summed E-state index contributed by atoms with van der Waals surface area (Å²) in [4.78, 5) is 4.33. The first-order valence-electron chi connectivity index (χ1n) is 6.89. The molecule has 1 aliphatic rings. The van der Waals surface area contributed by atoms with Crippen LogP contribution in [0.25, 0.3) is 0 Å². The first-order chi connectivity index (χ1) is 10.1. The van der Waals surface area contributed by atoms with Gasteiger partial charge >= 0.3 is 0 Å². The van der Waals surface area contributed by atoms with Gasteiger partial charge in [0.05, 0.1) is 34.0 Å². The fourth-order valence-electron chi connectivity index (χ4n) is 2.07. The summed E-state index contributed by atoms with van der Waals surface area (Å²) in [6, 6.07) is 5.70. The van der Waals surface area contributed by atoms with Gasteiger partial charge in [-0.3, -0.25) is 0 Å². The molecule has 0 bridgehead atoms. The molecule has 0 atom stereocenters. The first-order valence-corrected chi connectivity index (χ1v) is 6.89. The molecule has 1 saturated heterocycles. The average molecular weight is 421 g/mol. The van der Waals surface area contributed by atoms with Crippen molar-refractivity contribution in [2.24, 2.45) is 16.1 Å². The number of guanidine groups is 1. The lowest BCUT2D eigenvalue weighted by molar-refractivity contribution is -0.0970. The zero-order valence-corrected chi connectivity index (χ0v) is 15.5. The van der Waals surface area contributed by atoms with E-state index in [-0.39, 0.29) is 29.4 Å². The topological polar surface area (TPSA) is 78.1 Å². The van der Waals surface area contributed by atoms with Crippen LogP contribution < -0.4 is 20.5 Å². The molecule has 0 aromatic heterocycles. The number of nitrogens with one attached hydrogen (secondary N) is 1. The summed E-state index contributed by atoms with van der Waals surface area (Å²) in [5, 5.41) is 3.14. The summed E-state index contributed by atoms with van der Waals surface area (Å²) < 4.78 is 15.7. The van der Waals surface area contributed by atoms with Crippen molar-refractivity contribution < 1.29 is 14.2 Å². The number of rotatable bonds is 6. The van der Waals surface area contributed by atoms with Crippen molar-refractivity contribution in [2.45, 2.75) is 13.5 Å². The van der Waals surface area contributed by atoms with E-state index >= 15 is 0 Å². The molecule has 124 valence electrons. The van der Waals surface area contributed by atoms with Crippen LogP contribution in [0.1, 0.15) is 12.5 Å². The highest BCUT2D eigenvalue weighted by molar-refractivity contribution is 14.0. The van der Waals surface area contributed by atoms with Crippen molar-refractivity contribution in [1.29, 1.82) is 0 Å². The third-order valence-corrected chi connectivity index (χ3v) is 3.48. The molecule has 1 aromatic rings. The third-order valence-electron chi connectivity index (χ3n) is 3.48. The first kappa shape index (κ1) is 18.8. The molecule has 6 nitrogen and oxygen atoms in total. The highest BCUT2D eigenvalue weighted by Gasteiger charge is 2.33. The van der Waals surface area contributed by atoms with Gasteiger partial charge < -0.3 is 25.3 Å². The van der Waals surface area contributed by atoms with Crippen LogP contribution in [0.3, 0.4) is 0 Å². The molecule has 0 unspecified atom stereocenters. The van der Waals surface area contributed by atoms with Crippen LogP contribution in [-0.2, 0) is 11.3 Å². The Hall–Kier alpha value is -1.22. The molecule has 1 aliphatic heterocycles. The summed E-state index contributed by atoms with van der Waals surface area (Å²) in [5.41, 5.74) is 7.06. The second-order valence-corrected chi connectivity index (χ2v) is 5.55. The van der Waals surface area contributed by atoms with E-state index in [0.29, 0.717) is 24.0 Å². The van der Waals surface area contributed by atoms with Gasteiger partial charge in [-0.2, -0.15) is 0 Å². The lowest BCUT2D eigenvalue weighted by Gasteiger charge is -2.38. The maximum Gasteiger partial charge on any atom is 0.188 e. The molecule has 0 radical (unpaired) electrons. The van der Waals surface area contributed by atoms with Crippen molar-refractivity contribution >= 4 is 29.9 Å². The van der Waals surface area contributed by atoms with Gasteiger partial charge in [0, 0.05) is 12.0 Å². The van der Waals surface area contributed by atoms with E-state index in [1.165, 1.54) is 0 Å². The molecule has 0 spiro atoms. The van der Waals surface area contributed by atoms with Crippen LogP contribution in [0, 0.1) is 5.41 Å². The molecular formula is C15H24IN3O3. The number of nitrogens with zero attached hydrogens (tertiary/aromatic N) is 1. The normalized spacial score (nSPS) is 16.2. The summed E-state index contributed by atoms with van der Waals surface area (Å²) in [6.45, 7) is 4.96. The highest BCUT2D eigenvalue weighted by Crippen LogP contribution is 2.28. The Morgan fingerprint density at radius 3 is 2.55 bits per heavy atom. The number of nitrogens with two attached hydrogens (primary N) is 1. The summed E-state index contributed by atoms with van der Waals surface area (Å²) in [6.07, 6.45) is 0. The summed E-state index contributed by atoms with van der Waals surface area (Å²) in [5.74, 6) is 1.84. The van der Waals surface area contributed by atoms with Gasteiger partial charge in [0.1, 0.15) is 0 Å². The highest BCUT2D eigenvalue weighted by atomic mass is 127. The largest absolute Gasteiger partial charge is 0.493 e. The van der Waals surface area contributed by atoms with Gasteiger partial charge in [0.2, 0.25) is 0 Å². The van der Waals surface area contributed by atoms with Crippen LogP contribution in [0.4, 0.5) is 0 Å². The van der Waals surface area contributed by atoms with Gasteiger partial charge in [-0.25, -0.2) is 4.99 Å². The third kappa shape index (κ3) is 4.91. The van der Waals surface area contributed by atoms with Gasteiger partial charge in [0.15, 0.2) is 17.5 Å². The molecule has 3 N–H and O–H groups in total. The van der Waals surface area contributed by atoms with E-state index < -0.39 is 0 Å². The summed E-state index contributed by atoms with van der Waals surface area (Å²) >= 11 is 0. The zero-order valence-electron chi connectivity index (χ0n) is 13.2. The van der Waals surface area contributed by atoms with Crippen LogP contribution in [0.5, 0.6) is 11.5 Å². The molecule has 0 saturated carbocycles. The number of benzene rings is 1. The predicted octanol–water partition coefficient (Wildman–Crippen LogP) is 1.76. The predicted molar refractivity (Wildman–Crippen MR) is 97.2 cm³/mol. The second kappa shape index (κ2) is 8.42. The molecular weight excluding hydrogens is 397 g/mol. The number of aliphatic imine (C=N–C) groups is 1. The maximum absolute atomic E-state index is 5.88. The second-order valence-electron chi connectivity index (χ2n) is 5.55. The number of hydrogen-bond donors (Lipinski definition) is 2. The lowest BCUT2D eigenvalue weighted by Crippen LogP contribution is -2.50. The zero-order chi connectivity index (χ0) is 15.3. The van der Waals surface area contributed by atoms with E-state index in [2.05, 4.69) is 17.2 Å². The van der Waals surface area contributed by atoms with Crippen molar-refractivity contribution in [2.75, 3.05) is 34.0 Å². The van der Waals surface area contributed by atoms with Crippen LogP contribution in [-0.4, -0.2) is 39.9 Å². The molecule has 0 aliphatic carbocycles. The Morgan fingerprint density at radius 1 is 1.32 bits per heavy atom. The SMILES string of the molecule is COc1ccc(CN=C(N)NCC2(C)COC2)cc1OC.I. The number of ether oxygens (including phenoxy) is 3. The van der Waals surface area contributed by atoms with Crippen molar-refractivity contribution in [3.63, 3.8) is 0 Å². The molecule has 2 rings (SSSR count). The molecule has 1 fully saturated rings. The Balaban J connectivity index is 0.00000242. The monoisotopic (exact) mass is 421 g/mol. The van der Waals surface area contributed by atoms with Gasteiger partial charge in [-0.15, -0.1) is 24.0 Å². The molecule has 1 heterocycles. The Bertz CT molecular complexity index is 519. The Morgan fingerprint density at radius 2 is 2.00 bits per heavy atom. The van der Waals surface area contributed by atoms with E-state index in [0.717, 1.165) is 25.3 Å². The average Bonchev–Trinajstić information content (AvgIpc) is 2.48. The minimum atomic E-state index is 0. The van der Waals surface area contributed by atoms with E-state index in [4.69, 9.17) is 19.9 Å². The van der Waals surface area contributed by atoms with Gasteiger partial charge in [-0.1, -0.05) is 13.0 Å². The number of halogens is 1. The van der Waals surface area contributed by atoms with Crippen LogP contribution in [0.15, 0.2) is 23.2 Å². The quantitative estimate of drug-likeness (QED) is 0.416. The molecule has 1 aromatic carbocycles. The number of methoxy groups -OCH3 is 2. The number of hydrogen-bond acceptors (Lipinski definition) is 4.